The molecule has 1 amide bonds. The van der Waals surface area contributed by atoms with Crippen molar-refractivity contribution in [1.29, 1.82) is 0 Å². The van der Waals surface area contributed by atoms with Gasteiger partial charge in [-0.2, -0.15) is 0 Å². The van der Waals surface area contributed by atoms with Crippen molar-refractivity contribution in [3.63, 3.8) is 0 Å². The van der Waals surface area contributed by atoms with Crippen LogP contribution in [0, 0.1) is 13.8 Å². The molecule has 0 saturated heterocycles. The fraction of sp³-hybridized carbons (Fsp3) is 0.381. The Balaban J connectivity index is 1.74. The van der Waals surface area contributed by atoms with Crippen LogP contribution in [-0.4, -0.2) is 50.7 Å². The van der Waals surface area contributed by atoms with E-state index in [9.17, 15) is 13.2 Å². The lowest BCUT2D eigenvalue weighted by atomic mass is 10.00. The van der Waals surface area contributed by atoms with Crippen LogP contribution in [0.25, 0.3) is 0 Å². The number of nitrogens with one attached hydrogen (secondary N) is 1. The Labute approximate surface area is 167 Å². The summed E-state index contributed by atoms with van der Waals surface area (Å²) in [6.45, 7) is 5.24. The molecule has 0 radical (unpaired) electrons. The molecule has 2 aromatic carbocycles. The Bertz CT molecular complexity index is 1000. The topological polar surface area (TPSA) is 69.7 Å². The van der Waals surface area contributed by atoms with Crippen molar-refractivity contribution < 1.29 is 13.2 Å². The molecule has 0 atom stereocenters. The van der Waals surface area contributed by atoms with Gasteiger partial charge in [-0.1, -0.05) is 24.3 Å². The largest absolute Gasteiger partial charge is 0.376 e. The fourth-order valence-corrected chi connectivity index (χ4v) is 4.37. The molecule has 0 unspecified atom stereocenters. The van der Waals surface area contributed by atoms with Gasteiger partial charge < -0.3 is 10.2 Å². The Hall–Kier alpha value is -2.38. The number of sulfonamides is 1. The van der Waals surface area contributed by atoms with Crippen molar-refractivity contribution in [3.05, 3.63) is 58.7 Å². The maximum atomic E-state index is 12.7. The highest BCUT2D eigenvalue weighted by Crippen LogP contribution is 2.26. The minimum Gasteiger partial charge on any atom is -0.376 e. The first kappa shape index (κ1) is 20.4. The van der Waals surface area contributed by atoms with E-state index in [1.807, 2.05) is 30.9 Å². The average Bonchev–Trinajstić information content (AvgIpc) is 2.68. The number of carbonyl (C=O) groups is 1. The van der Waals surface area contributed by atoms with E-state index in [2.05, 4.69) is 17.4 Å². The number of hydrogen-bond acceptors (Lipinski definition) is 4. The Morgan fingerprint density at radius 1 is 1.14 bits per heavy atom. The third-order valence-corrected chi connectivity index (χ3v) is 7.13. The first-order valence-electron chi connectivity index (χ1n) is 9.32. The maximum absolute atomic E-state index is 12.7. The summed E-state index contributed by atoms with van der Waals surface area (Å²) < 4.78 is 26.1. The van der Waals surface area contributed by atoms with E-state index in [1.165, 1.54) is 29.5 Å². The highest BCUT2D eigenvalue weighted by Gasteiger charge is 2.22. The maximum Gasteiger partial charge on any atom is 0.242 e. The fourth-order valence-electron chi connectivity index (χ4n) is 3.36. The summed E-state index contributed by atoms with van der Waals surface area (Å²) in [5.41, 5.74) is 4.96. The molecule has 28 heavy (non-hydrogen) atoms. The summed E-state index contributed by atoms with van der Waals surface area (Å²) in [4.78, 5) is 14.8. The predicted octanol–water partition coefficient (Wildman–Crippen LogP) is 2.55. The number of nitrogens with zero attached hydrogens (tertiary/aromatic N) is 2. The molecule has 7 heteroatoms. The standard InChI is InChI=1S/C21H27N3O3S/c1-15-11-19(28(26,27)23(3)4)12-20(16(15)2)22-13-21(25)24-10-9-17-7-5-6-8-18(17)14-24/h5-8,11-12,22H,9-10,13-14H2,1-4H3. The lowest BCUT2D eigenvalue weighted by Gasteiger charge is -2.29. The van der Waals surface area contributed by atoms with Gasteiger partial charge in [-0.3, -0.25) is 4.79 Å². The molecule has 0 bridgehead atoms. The van der Waals surface area contributed by atoms with Crippen LogP contribution in [0.4, 0.5) is 5.69 Å². The lowest BCUT2D eigenvalue weighted by molar-refractivity contribution is -0.130. The van der Waals surface area contributed by atoms with E-state index >= 15 is 0 Å². The second kappa shape index (κ2) is 7.93. The third-order valence-electron chi connectivity index (χ3n) is 5.33. The molecule has 150 valence electrons. The Morgan fingerprint density at radius 2 is 1.82 bits per heavy atom. The Kier molecular flexibility index (Phi) is 5.76. The van der Waals surface area contributed by atoms with Crippen LogP contribution in [0.5, 0.6) is 0 Å². The minimum absolute atomic E-state index is 0.00688. The second-order valence-corrected chi connectivity index (χ2v) is 9.54. The lowest BCUT2D eigenvalue weighted by Crippen LogP contribution is -2.39. The van der Waals surface area contributed by atoms with E-state index < -0.39 is 10.0 Å². The van der Waals surface area contributed by atoms with E-state index in [1.54, 1.807) is 12.1 Å². The van der Waals surface area contributed by atoms with E-state index in [0.29, 0.717) is 18.8 Å². The van der Waals surface area contributed by atoms with E-state index in [-0.39, 0.29) is 17.3 Å². The van der Waals surface area contributed by atoms with Gasteiger partial charge in [-0.05, 0) is 54.7 Å². The summed E-state index contributed by atoms with van der Waals surface area (Å²) in [6.07, 6.45) is 0.858. The smallest absolute Gasteiger partial charge is 0.242 e. The molecule has 2 aromatic rings. The molecule has 0 aromatic heterocycles. The quantitative estimate of drug-likeness (QED) is 0.836. The van der Waals surface area contributed by atoms with E-state index in [0.717, 1.165) is 17.5 Å². The molecule has 6 nitrogen and oxygen atoms in total. The summed E-state index contributed by atoms with van der Waals surface area (Å²) in [5, 5.41) is 3.15. The number of amides is 1. The first-order valence-corrected chi connectivity index (χ1v) is 10.8. The van der Waals surface area contributed by atoms with Crippen LogP contribution in [-0.2, 0) is 27.8 Å². The third kappa shape index (κ3) is 4.05. The predicted molar refractivity (Wildman–Crippen MR) is 111 cm³/mol. The van der Waals surface area contributed by atoms with Crippen LogP contribution in [0.2, 0.25) is 0 Å². The molecule has 0 saturated carbocycles. The summed E-state index contributed by atoms with van der Waals surface area (Å²) in [5.74, 6) is 0.00688. The number of fused-ring (bicyclic) bond motifs is 1. The zero-order valence-electron chi connectivity index (χ0n) is 16.8. The highest BCUT2D eigenvalue weighted by molar-refractivity contribution is 7.89. The van der Waals surface area contributed by atoms with Crippen molar-refractivity contribution in [2.24, 2.45) is 0 Å². The number of anilines is 1. The van der Waals surface area contributed by atoms with E-state index in [4.69, 9.17) is 0 Å². The van der Waals surface area contributed by atoms with Gasteiger partial charge in [0.1, 0.15) is 0 Å². The van der Waals surface area contributed by atoms with Gasteiger partial charge in [-0.15, -0.1) is 0 Å². The molecular formula is C21H27N3O3S. The second-order valence-electron chi connectivity index (χ2n) is 7.39. The summed E-state index contributed by atoms with van der Waals surface area (Å²) in [6, 6.07) is 11.5. The van der Waals surface area contributed by atoms with Crippen molar-refractivity contribution >= 4 is 21.6 Å². The normalized spacial score (nSPS) is 14.1. The molecule has 1 N–H and O–H groups in total. The van der Waals surface area contributed by atoms with Gasteiger partial charge >= 0.3 is 0 Å². The van der Waals surface area contributed by atoms with Crippen molar-refractivity contribution in [3.8, 4) is 0 Å². The van der Waals surface area contributed by atoms with Crippen molar-refractivity contribution in [2.75, 3.05) is 32.5 Å². The van der Waals surface area contributed by atoms with Crippen LogP contribution < -0.4 is 5.32 Å². The van der Waals surface area contributed by atoms with Gasteiger partial charge in [0, 0.05) is 32.9 Å². The van der Waals surface area contributed by atoms with Crippen LogP contribution >= 0.6 is 0 Å². The Morgan fingerprint density at radius 3 is 2.50 bits per heavy atom. The minimum atomic E-state index is -3.53. The molecular weight excluding hydrogens is 374 g/mol. The van der Waals surface area contributed by atoms with Crippen molar-refractivity contribution in [1.82, 2.24) is 9.21 Å². The molecule has 0 spiro atoms. The zero-order valence-corrected chi connectivity index (χ0v) is 17.6. The zero-order chi connectivity index (χ0) is 20.5. The number of carbonyl (C=O) groups excluding carboxylic acids is 1. The monoisotopic (exact) mass is 401 g/mol. The highest BCUT2D eigenvalue weighted by atomic mass is 32.2. The number of benzene rings is 2. The summed E-state index contributed by atoms with van der Waals surface area (Å²) in [7, 11) is -0.515. The van der Waals surface area contributed by atoms with Crippen LogP contribution in [0.15, 0.2) is 41.3 Å². The van der Waals surface area contributed by atoms with Gasteiger partial charge in [0.2, 0.25) is 15.9 Å². The molecule has 1 heterocycles. The summed E-state index contributed by atoms with van der Waals surface area (Å²) >= 11 is 0. The molecule has 0 fully saturated rings. The first-order chi connectivity index (χ1) is 13.2. The van der Waals surface area contributed by atoms with Gasteiger partial charge in [0.15, 0.2) is 0 Å². The number of aryl methyl sites for hydroxylation is 1. The molecule has 1 aliphatic rings. The molecule has 1 aliphatic heterocycles. The average molecular weight is 402 g/mol. The van der Waals surface area contributed by atoms with Crippen LogP contribution in [0.1, 0.15) is 22.3 Å². The van der Waals surface area contributed by atoms with Gasteiger partial charge in [0.05, 0.1) is 11.4 Å². The van der Waals surface area contributed by atoms with Gasteiger partial charge in [0.25, 0.3) is 0 Å². The van der Waals surface area contributed by atoms with Crippen molar-refractivity contribution in [2.45, 2.75) is 31.7 Å². The molecule has 0 aliphatic carbocycles. The SMILES string of the molecule is Cc1cc(S(=O)(=O)N(C)C)cc(NCC(=O)N2CCc3ccccc3C2)c1C. The molecule has 3 rings (SSSR count). The number of rotatable bonds is 5. The number of hydrogen-bond donors (Lipinski definition) is 1. The van der Waals surface area contributed by atoms with Gasteiger partial charge in [-0.25, -0.2) is 12.7 Å². The van der Waals surface area contributed by atoms with Crippen LogP contribution in [0.3, 0.4) is 0 Å².